The van der Waals surface area contributed by atoms with Gasteiger partial charge in [-0.1, -0.05) is 0 Å². The number of methoxy groups -OCH3 is 1. The molecule has 0 saturated carbocycles. The summed E-state index contributed by atoms with van der Waals surface area (Å²) in [5.74, 6) is -0.489. The van der Waals surface area contributed by atoms with Crippen molar-refractivity contribution in [3.05, 3.63) is 23.7 Å². The van der Waals surface area contributed by atoms with E-state index in [4.69, 9.17) is 14.3 Å². The van der Waals surface area contributed by atoms with Gasteiger partial charge in [-0.3, -0.25) is 4.79 Å². The quantitative estimate of drug-likeness (QED) is 0.803. The number of hydrogen-bond donors (Lipinski definition) is 2. The molecule has 1 aliphatic rings. The number of piperidine rings is 1. The molecule has 1 aliphatic heterocycles. The number of carboxylic acid groups (broad SMARTS) is 1. The van der Waals surface area contributed by atoms with Gasteiger partial charge in [-0.2, -0.15) is 0 Å². The zero-order valence-corrected chi connectivity index (χ0v) is 12.0. The van der Waals surface area contributed by atoms with Gasteiger partial charge in [0.15, 0.2) is 0 Å². The summed E-state index contributed by atoms with van der Waals surface area (Å²) in [6.07, 6.45) is 1.73. The molecule has 0 aliphatic carbocycles. The van der Waals surface area contributed by atoms with Crippen LogP contribution >= 0.6 is 0 Å². The maximum atomic E-state index is 11.7. The lowest BCUT2D eigenvalue weighted by molar-refractivity contribution is -0.136. The third-order valence-electron chi connectivity index (χ3n) is 3.55. The molecule has 2 rings (SSSR count). The first-order valence-electron chi connectivity index (χ1n) is 6.92. The number of furan rings is 1. The molecule has 7 heteroatoms. The van der Waals surface area contributed by atoms with Crippen LogP contribution in [0.25, 0.3) is 0 Å². The van der Waals surface area contributed by atoms with Crippen molar-refractivity contribution < 1.29 is 23.8 Å². The van der Waals surface area contributed by atoms with Crippen LogP contribution in [0.4, 0.5) is 0 Å². The first-order valence-corrected chi connectivity index (χ1v) is 6.92. The van der Waals surface area contributed by atoms with Crippen LogP contribution in [0.1, 0.15) is 29.2 Å². The predicted octanol–water partition coefficient (Wildman–Crippen LogP) is 0.705. The summed E-state index contributed by atoms with van der Waals surface area (Å²) in [5, 5.41) is 12.1. The number of carbonyl (C=O) groups is 2. The van der Waals surface area contributed by atoms with E-state index in [-0.39, 0.29) is 18.3 Å². The molecule has 116 valence electrons. The van der Waals surface area contributed by atoms with Crippen molar-refractivity contribution >= 4 is 11.9 Å². The molecular formula is C14H20N2O5. The van der Waals surface area contributed by atoms with Gasteiger partial charge in [0.05, 0.1) is 6.54 Å². The number of likely N-dealkylation sites (tertiary alicyclic amines) is 1. The summed E-state index contributed by atoms with van der Waals surface area (Å²) in [6, 6.07) is 3.41. The van der Waals surface area contributed by atoms with Crippen molar-refractivity contribution in [2.24, 2.45) is 0 Å². The molecule has 0 bridgehead atoms. The molecule has 1 amide bonds. The van der Waals surface area contributed by atoms with Gasteiger partial charge in [0, 0.05) is 26.2 Å². The maximum Gasteiger partial charge on any atom is 0.371 e. The van der Waals surface area contributed by atoms with Crippen molar-refractivity contribution in [1.82, 2.24) is 10.2 Å². The largest absolute Gasteiger partial charge is 0.475 e. The average Bonchev–Trinajstić information content (AvgIpc) is 2.95. The van der Waals surface area contributed by atoms with Gasteiger partial charge in [0.1, 0.15) is 12.4 Å². The van der Waals surface area contributed by atoms with E-state index < -0.39 is 5.97 Å². The molecule has 2 heterocycles. The van der Waals surface area contributed by atoms with E-state index in [1.54, 1.807) is 11.0 Å². The third-order valence-corrected chi connectivity index (χ3v) is 3.55. The highest BCUT2D eigenvalue weighted by atomic mass is 16.5. The molecule has 0 spiro atoms. The highest BCUT2D eigenvalue weighted by Crippen LogP contribution is 2.13. The van der Waals surface area contributed by atoms with E-state index in [0.717, 1.165) is 12.8 Å². The van der Waals surface area contributed by atoms with Crippen LogP contribution in [0, 0.1) is 0 Å². The van der Waals surface area contributed by atoms with Crippen molar-refractivity contribution in [2.75, 3.05) is 26.8 Å². The van der Waals surface area contributed by atoms with Crippen molar-refractivity contribution in [2.45, 2.75) is 25.4 Å². The first kappa shape index (κ1) is 15.5. The highest BCUT2D eigenvalue weighted by Gasteiger charge is 2.22. The van der Waals surface area contributed by atoms with E-state index >= 15 is 0 Å². The van der Waals surface area contributed by atoms with E-state index in [1.165, 1.54) is 13.2 Å². The summed E-state index contributed by atoms with van der Waals surface area (Å²) >= 11 is 0. The number of ether oxygens (including phenoxy) is 1. The topological polar surface area (TPSA) is 92.0 Å². The van der Waals surface area contributed by atoms with E-state index in [2.05, 4.69) is 5.32 Å². The smallest absolute Gasteiger partial charge is 0.371 e. The standard InChI is InChI=1S/C14H20N2O5/c1-20-9-13(17)16-6-4-10(5-7-16)15-8-11-2-3-12(21-11)14(18)19/h2-3,10,15H,4-9H2,1H3,(H,18,19). The van der Waals surface area contributed by atoms with Crippen molar-refractivity contribution in [1.29, 1.82) is 0 Å². The monoisotopic (exact) mass is 296 g/mol. The minimum absolute atomic E-state index is 0.0214. The molecular weight excluding hydrogens is 276 g/mol. The van der Waals surface area contributed by atoms with Crippen LogP contribution in [0.2, 0.25) is 0 Å². The van der Waals surface area contributed by atoms with Gasteiger partial charge in [-0.05, 0) is 25.0 Å². The molecule has 1 aromatic rings. The molecule has 1 fully saturated rings. The normalized spacial score (nSPS) is 16.1. The van der Waals surface area contributed by atoms with Gasteiger partial charge in [-0.15, -0.1) is 0 Å². The lowest BCUT2D eigenvalue weighted by Gasteiger charge is -2.32. The SMILES string of the molecule is COCC(=O)N1CCC(NCc2ccc(C(=O)O)o2)CC1. The van der Waals surface area contributed by atoms with E-state index in [9.17, 15) is 9.59 Å². The predicted molar refractivity (Wildman–Crippen MR) is 74.0 cm³/mol. The minimum Gasteiger partial charge on any atom is -0.475 e. The molecule has 7 nitrogen and oxygen atoms in total. The van der Waals surface area contributed by atoms with Gasteiger partial charge >= 0.3 is 5.97 Å². The van der Waals surface area contributed by atoms with Crippen LogP contribution in [0.3, 0.4) is 0 Å². The summed E-state index contributed by atoms with van der Waals surface area (Å²) < 4.78 is 10.0. The van der Waals surface area contributed by atoms with Crippen molar-refractivity contribution in [3.63, 3.8) is 0 Å². The number of rotatable bonds is 6. The van der Waals surface area contributed by atoms with Crippen LogP contribution in [-0.4, -0.2) is 54.7 Å². The van der Waals surface area contributed by atoms with E-state index in [1.807, 2.05) is 0 Å². The fourth-order valence-electron chi connectivity index (χ4n) is 2.38. The number of carboxylic acids is 1. The second kappa shape index (κ2) is 7.24. The van der Waals surface area contributed by atoms with Crippen molar-refractivity contribution in [3.8, 4) is 0 Å². The van der Waals surface area contributed by atoms with Gasteiger partial charge in [0.2, 0.25) is 11.7 Å². The Balaban J connectivity index is 1.73. The molecule has 0 unspecified atom stereocenters. The Morgan fingerprint density at radius 1 is 1.43 bits per heavy atom. The van der Waals surface area contributed by atoms with Gasteiger partial charge in [0.25, 0.3) is 0 Å². The lowest BCUT2D eigenvalue weighted by atomic mass is 10.0. The molecule has 1 aromatic heterocycles. The molecule has 0 radical (unpaired) electrons. The summed E-state index contributed by atoms with van der Waals surface area (Å²) in [4.78, 5) is 24.2. The Hall–Kier alpha value is -1.86. The molecule has 0 atom stereocenters. The Bertz CT molecular complexity index is 491. The molecule has 2 N–H and O–H groups in total. The lowest BCUT2D eigenvalue weighted by Crippen LogP contribution is -2.45. The fourth-order valence-corrected chi connectivity index (χ4v) is 2.38. The number of amides is 1. The summed E-state index contributed by atoms with van der Waals surface area (Å²) in [7, 11) is 1.51. The first-order chi connectivity index (χ1) is 10.1. The zero-order chi connectivity index (χ0) is 15.2. The Morgan fingerprint density at radius 3 is 2.71 bits per heavy atom. The van der Waals surface area contributed by atoms with Crippen LogP contribution in [0.15, 0.2) is 16.5 Å². The van der Waals surface area contributed by atoms with Gasteiger partial charge < -0.3 is 24.5 Å². The van der Waals surface area contributed by atoms with Crippen LogP contribution < -0.4 is 5.32 Å². The number of nitrogens with zero attached hydrogens (tertiary/aromatic N) is 1. The number of aromatic carboxylic acids is 1. The fraction of sp³-hybridized carbons (Fsp3) is 0.571. The zero-order valence-electron chi connectivity index (χ0n) is 12.0. The average molecular weight is 296 g/mol. The number of carbonyl (C=O) groups excluding carboxylic acids is 1. The molecule has 0 aromatic carbocycles. The Labute approximate surface area is 122 Å². The van der Waals surface area contributed by atoms with Crippen LogP contribution in [0.5, 0.6) is 0 Å². The molecule has 1 saturated heterocycles. The second-order valence-corrected chi connectivity index (χ2v) is 5.04. The maximum absolute atomic E-state index is 11.7. The summed E-state index contributed by atoms with van der Waals surface area (Å²) in [6.45, 7) is 2.03. The Morgan fingerprint density at radius 2 is 2.14 bits per heavy atom. The van der Waals surface area contributed by atoms with Crippen LogP contribution in [-0.2, 0) is 16.1 Å². The van der Waals surface area contributed by atoms with E-state index in [0.29, 0.717) is 31.4 Å². The number of nitrogens with one attached hydrogen (secondary N) is 1. The minimum atomic E-state index is -1.06. The van der Waals surface area contributed by atoms with Gasteiger partial charge in [-0.25, -0.2) is 4.79 Å². The number of hydrogen-bond acceptors (Lipinski definition) is 5. The third kappa shape index (κ3) is 4.30. The molecule has 21 heavy (non-hydrogen) atoms. The Kier molecular flexibility index (Phi) is 5.35. The highest BCUT2D eigenvalue weighted by molar-refractivity contribution is 5.84. The second-order valence-electron chi connectivity index (χ2n) is 5.04. The summed E-state index contributed by atoms with van der Waals surface area (Å²) in [5.41, 5.74) is 0.